The molecule has 23 rings (SSSR count). The van der Waals surface area contributed by atoms with Crippen LogP contribution in [0.5, 0.6) is 0 Å². The number of aromatic nitrogens is 16. The van der Waals surface area contributed by atoms with Crippen LogP contribution in [-0.2, 0) is 20.8 Å². The van der Waals surface area contributed by atoms with Gasteiger partial charge in [-0.2, -0.15) is 19.9 Å². The predicted octanol–water partition coefficient (Wildman–Crippen LogP) is 19.2. The first-order chi connectivity index (χ1) is 70.9. The molecule has 16 aromatic rings. The molecular weight excluding hydrogens is 1920 g/mol. The van der Waals surface area contributed by atoms with Crippen LogP contribution in [0.15, 0.2) is 214 Å². The van der Waals surface area contributed by atoms with E-state index in [0.29, 0.717) is 150 Å². The third-order valence-electron chi connectivity index (χ3n) is 28.2. The summed E-state index contributed by atoms with van der Waals surface area (Å²) < 4.78 is 23.6. The highest BCUT2D eigenvalue weighted by atomic mass is 35.5. The number of likely N-dealkylation sites (tertiary alicyclic amines) is 1. The molecule has 35 heteroatoms. The number of fused-ring (bicyclic) bond motifs is 4. The molecule has 12 aromatic heterocycles. The molecule has 0 unspecified atom stereocenters. The van der Waals surface area contributed by atoms with Crippen molar-refractivity contribution in [3.63, 3.8) is 0 Å². The van der Waals surface area contributed by atoms with Gasteiger partial charge in [-0.1, -0.05) is 119 Å². The average Bonchev–Trinajstić information content (AvgIpc) is 0.845. The summed E-state index contributed by atoms with van der Waals surface area (Å²) in [5, 5.41) is 18.5. The van der Waals surface area contributed by atoms with Crippen LogP contribution in [0, 0.1) is 27.7 Å². The Bertz CT molecular complexity index is 7270. The van der Waals surface area contributed by atoms with Crippen molar-refractivity contribution in [2.24, 2.45) is 17.2 Å². The SMILES string of the molecule is Cc1cccc(-c2ccc(-c3cc4cnc(NC5CC5)nc4n(CCN)c3=O)c(Cl)c2)n1.Cc1cccc(-c2ccc(-c3cc4cnc(N[C@@H]5CCOC5)nc4n(C4CCC(N)CC4)c3=O)c(Cl)c2)n1.Cc1cccc(-c2ccc(-c3cc4cnc(N[C@H]5CCOC5)nc4n(C4CCC(N)CC4)c3=O)c(Cl)c2)n1.Cc1cccc(-c2ccc(-c3cc4cnc(N[C@H]5CCOC5)nc4n(C4CCN(C)CC4)c3=O)c(Cl)c2)n1. The van der Waals surface area contributed by atoms with Crippen molar-refractivity contribution >= 4 is 114 Å². The Labute approximate surface area is 864 Å². The van der Waals surface area contributed by atoms with E-state index in [2.05, 4.69) is 78.1 Å². The summed E-state index contributed by atoms with van der Waals surface area (Å²) in [5.41, 5.74) is 35.8. The van der Waals surface area contributed by atoms with Gasteiger partial charge < -0.3 is 57.6 Å². The maximum absolute atomic E-state index is 14.1. The molecule has 16 heterocycles. The quantitative estimate of drug-likeness (QED) is 0.0351. The van der Waals surface area contributed by atoms with Gasteiger partial charge in [0.05, 0.1) is 60.7 Å². The van der Waals surface area contributed by atoms with Gasteiger partial charge >= 0.3 is 0 Å². The Kier molecular flexibility index (Phi) is 30.5. The van der Waals surface area contributed by atoms with E-state index in [-0.39, 0.29) is 70.6 Å². The third kappa shape index (κ3) is 22.6. The van der Waals surface area contributed by atoms with Crippen molar-refractivity contribution in [1.29, 1.82) is 0 Å². The molecule has 0 amide bonds. The number of piperidine rings is 1. The Balaban J connectivity index is 0.000000119. The second-order valence-electron chi connectivity index (χ2n) is 39.0. The number of hydrogen-bond donors (Lipinski definition) is 7. The standard InChI is InChI=1S/3C29H31ClN6O2.C24H23ClN6O/c1-18-4-3-5-26(32-18)19-6-7-23(25(30)15-19)24-14-20-16-31-29(33-21-10-13-38-17-21)34-27(20)36(28(24)37)22-8-11-35(2)12-9-22;2*1-17-3-2-4-26(33-17)18-5-10-23(25(30)14-18)24-13-19-15-32-29(34-21-11-12-38-16-21)35-27(19)36(28(24)37)22-8-6-20(31)7-9-22;1-14-3-2-4-21(28-14)15-5-8-18(20(25)12-15)19-11-16-13-27-24(29-17-6-7-17)30-22(16)31(10-9-26)23(19)32/h3-7,14-16,21-22H,8-13,17H2,1-2H3,(H,31,33,34);2*2-5,10,13-15,20-22H,6-9,11-12,16,31H2,1H3,(H,32,34,35);2-5,8,11-13,17H,6-7,9-10,26H2,1H3,(H,27,29,30)/t21-;2*20?,21-,22?;/m010./s1. The topological polar surface area (TPSA) is 400 Å². The van der Waals surface area contributed by atoms with Gasteiger partial charge in [0.2, 0.25) is 23.8 Å². The Morgan fingerprint density at radius 1 is 0.329 bits per heavy atom. The van der Waals surface area contributed by atoms with Crippen molar-refractivity contribution in [3.05, 3.63) is 279 Å². The Hall–Kier alpha value is -13.3. The van der Waals surface area contributed by atoms with E-state index in [1.165, 1.54) is 0 Å². The van der Waals surface area contributed by atoms with Gasteiger partial charge in [-0.25, -0.2) is 19.9 Å². The molecule has 4 saturated heterocycles. The van der Waals surface area contributed by atoms with Crippen molar-refractivity contribution in [2.45, 2.75) is 185 Å². The van der Waals surface area contributed by atoms with E-state index < -0.39 is 0 Å². The maximum Gasteiger partial charge on any atom is 0.260 e. The molecule has 31 nitrogen and oxygen atoms in total. The van der Waals surface area contributed by atoms with Crippen LogP contribution in [0.3, 0.4) is 0 Å². The molecule has 7 fully saturated rings. The Morgan fingerprint density at radius 2 is 0.616 bits per heavy atom. The van der Waals surface area contributed by atoms with Crippen LogP contribution < -0.4 is 60.7 Å². The average molecular weight is 2040 g/mol. The third-order valence-corrected chi connectivity index (χ3v) is 29.5. The molecule has 0 bridgehead atoms. The summed E-state index contributed by atoms with van der Waals surface area (Å²) in [6.07, 6.45) is 20.6. The highest BCUT2D eigenvalue weighted by Gasteiger charge is 2.33. The summed E-state index contributed by atoms with van der Waals surface area (Å²) in [6.45, 7) is 14.4. The lowest BCUT2D eigenvalue weighted by Gasteiger charge is -2.31. The minimum absolute atomic E-state index is 0.0110. The summed E-state index contributed by atoms with van der Waals surface area (Å²) in [6, 6.07) is 55.1. The summed E-state index contributed by atoms with van der Waals surface area (Å²) in [4.78, 5) is 114. The van der Waals surface area contributed by atoms with Crippen molar-refractivity contribution < 1.29 is 14.2 Å². The highest BCUT2D eigenvalue weighted by molar-refractivity contribution is 6.35. The number of anilines is 4. The number of ether oxygens (including phenoxy) is 3. The number of nitrogens with one attached hydrogen (secondary N) is 4. The minimum atomic E-state index is -0.178. The van der Waals surface area contributed by atoms with E-state index in [1.54, 1.807) is 35.4 Å². The first kappa shape index (κ1) is 100. The molecule has 7 aliphatic rings. The zero-order chi connectivity index (χ0) is 101. The number of pyridine rings is 8. The molecule has 4 aliphatic heterocycles. The molecule has 4 aromatic carbocycles. The van der Waals surface area contributed by atoms with Crippen LogP contribution in [0.1, 0.15) is 137 Å². The van der Waals surface area contributed by atoms with Crippen LogP contribution in [0.4, 0.5) is 23.8 Å². The number of aryl methyl sites for hydroxylation is 4. The molecule has 3 atom stereocenters. The lowest BCUT2D eigenvalue weighted by atomic mass is 9.91. The number of rotatable bonds is 21. The van der Waals surface area contributed by atoms with Crippen LogP contribution in [0.25, 0.3) is 134 Å². The van der Waals surface area contributed by atoms with Gasteiger partial charge in [-0.05, 0) is 241 Å². The number of benzene rings is 4. The van der Waals surface area contributed by atoms with Crippen molar-refractivity contribution in [3.8, 4) is 89.5 Å². The molecule has 146 heavy (non-hydrogen) atoms. The van der Waals surface area contributed by atoms with Crippen molar-refractivity contribution in [1.82, 2.24) is 83.0 Å². The van der Waals surface area contributed by atoms with E-state index >= 15 is 0 Å². The van der Waals surface area contributed by atoms with Crippen LogP contribution in [0.2, 0.25) is 20.1 Å². The minimum Gasteiger partial charge on any atom is -0.379 e. The van der Waals surface area contributed by atoms with Gasteiger partial charge in [-0.3, -0.25) is 57.4 Å². The fourth-order valence-corrected chi connectivity index (χ4v) is 21.3. The number of nitrogens with zero attached hydrogens (tertiary/aromatic N) is 17. The monoisotopic (exact) mass is 2040 g/mol. The molecule has 3 aliphatic carbocycles. The van der Waals surface area contributed by atoms with E-state index in [9.17, 15) is 19.2 Å². The molecular formula is C111H116Cl4N24O7. The summed E-state index contributed by atoms with van der Waals surface area (Å²) in [5.74, 6) is 2.07. The molecule has 3 saturated carbocycles. The first-order valence-corrected chi connectivity index (χ1v) is 51.8. The predicted molar refractivity (Wildman–Crippen MR) is 580 cm³/mol. The fraction of sp³-hybridized carbons (Fsp3) is 0.351. The summed E-state index contributed by atoms with van der Waals surface area (Å²) in [7, 11) is 2.12. The molecule has 750 valence electrons. The largest absolute Gasteiger partial charge is 0.379 e. The van der Waals surface area contributed by atoms with Gasteiger partial charge in [0.25, 0.3) is 22.2 Å². The van der Waals surface area contributed by atoms with Gasteiger partial charge in [0.1, 0.15) is 22.6 Å². The molecule has 10 N–H and O–H groups in total. The number of nitrogens with two attached hydrogens (primary N) is 3. The van der Waals surface area contributed by atoms with E-state index in [0.717, 1.165) is 219 Å². The lowest BCUT2D eigenvalue weighted by molar-refractivity contribution is 0.195. The fourth-order valence-electron chi connectivity index (χ4n) is 20.2. The number of hydrogen-bond acceptors (Lipinski definition) is 27. The van der Waals surface area contributed by atoms with Crippen LogP contribution >= 0.6 is 46.4 Å². The second-order valence-corrected chi connectivity index (χ2v) is 40.7. The zero-order valence-corrected chi connectivity index (χ0v) is 85.1. The normalized spacial score (nSPS) is 19.1. The highest BCUT2D eigenvalue weighted by Crippen LogP contribution is 2.42. The molecule has 0 radical (unpaired) electrons. The second kappa shape index (κ2) is 44.6. The van der Waals surface area contributed by atoms with Crippen molar-refractivity contribution in [2.75, 3.05) is 87.6 Å². The van der Waals surface area contributed by atoms with Gasteiger partial charge in [0, 0.05) is 225 Å². The Morgan fingerprint density at radius 3 is 0.897 bits per heavy atom. The van der Waals surface area contributed by atoms with Gasteiger partial charge in [-0.15, -0.1) is 0 Å². The lowest BCUT2D eigenvalue weighted by Crippen LogP contribution is -2.36. The van der Waals surface area contributed by atoms with Gasteiger partial charge in [0.15, 0.2) is 0 Å². The zero-order valence-electron chi connectivity index (χ0n) is 82.1. The van der Waals surface area contributed by atoms with E-state index in [4.69, 9.17) is 92.8 Å². The van der Waals surface area contributed by atoms with Crippen LogP contribution in [-0.4, -0.2) is 186 Å². The molecule has 0 spiro atoms. The summed E-state index contributed by atoms with van der Waals surface area (Å²) >= 11 is 27.1. The number of halogens is 4. The first-order valence-electron chi connectivity index (χ1n) is 50.2. The van der Waals surface area contributed by atoms with E-state index in [1.807, 2.05) is 205 Å². The smallest absolute Gasteiger partial charge is 0.260 e. The maximum atomic E-state index is 14.1.